The summed E-state index contributed by atoms with van der Waals surface area (Å²) in [6.45, 7) is 0. The van der Waals surface area contributed by atoms with E-state index in [0.717, 1.165) is 5.56 Å². The zero-order valence-electron chi connectivity index (χ0n) is 6.24. The molecule has 0 saturated carbocycles. The van der Waals surface area contributed by atoms with Crippen molar-refractivity contribution in [2.45, 2.75) is 9.65 Å². The molecule has 0 bridgehead atoms. The molecule has 2 atom stereocenters. The molecule has 1 aromatic carbocycles. The second-order valence-electron chi connectivity index (χ2n) is 2.34. The molecular formula is C9H7Br2N. The van der Waals surface area contributed by atoms with Crippen molar-refractivity contribution >= 4 is 31.9 Å². The molecule has 0 aliphatic rings. The first-order valence-electron chi connectivity index (χ1n) is 3.48. The Morgan fingerprint density at radius 2 is 1.75 bits per heavy atom. The lowest BCUT2D eigenvalue weighted by Gasteiger charge is -2.09. The average Bonchev–Trinajstić information content (AvgIpc) is 2.17. The molecule has 0 heterocycles. The van der Waals surface area contributed by atoms with Crippen LogP contribution in [0.5, 0.6) is 0 Å². The Labute approximate surface area is 88.7 Å². The third-order valence-corrected chi connectivity index (χ3v) is 4.00. The van der Waals surface area contributed by atoms with Crippen LogP contribution < -0.4 is 0 Å². The Hall–Kier alpha value is -0.330. The fourth-order valence-electron chi connectivity index (χ4n) is 0.871. The molecule has 0 aromatic heterocycles. The number of alkyl halides is 2. The minimum atomic E-state index is -0.181. The van der Waals surface area contributed by atoms with Gasteiger partial charge in [-0.1, -0.05) is 62.2 Å². The van der Waals surface area contributed by atoms with E-state index in [1.807, 2.05) is 30.3 Å². The second kappa shape index (κ2) is 4.64. The van der Waals surface area contributed by atoms with Crippen molar-refractivity contribution in [3.63, 3.8) is 0 Å². The smallest absolute Gasteiger partial charge is 0.118 e. The second-order valence-corrected chi connectivity index (χ2v) is 4.32. The molecule has 0 saturated heterocycles. The van der Waals surface area contributed by atoms with E-state index in [0.29, 0.717) is 0 Å². The standard InChI is InChI=1S/C9H7Br2N/c10-8(6-12)9(11)7-4-2-1-3-5-7/h1-5,8-9H/t8-,9-/m0/s1. The predicted molar refractivity (Wildman–Crippen MR) is 56.4 cm³/mol. The van der Waals surface area contributed by atoms with E-state index in [1.165, 1.54) is 0 Å². The Bertz CT molecular complexity index is 278. The fraction of sp³-hybridized carbons (Fsp3) is 0.222. The van der Waals surface area contributed by atoms with Gasteiger partial charge in [0.05, 0.1) is 10.9 Å². The minimum Gasteiger partial charge on any atom is -0.197 e. The third-order valence-electron chi connectivity index (χ3n) is 1.50. The van der Waals surface area contributed by atoms with Gasteiger partial charge in [0.25, 0.3) is 0 Å². The number of nitriles is 1. The van der Waals surface area contributed by atoms with Crippen molar-refractivity contribution in [2.24, 2.45) is 0 Å². The van der Waals surface area contributed by atoms with Gasteiger partial charge in [-0.15, -0.1) is 0 Å². The number of nitrogens with zero attached hydrogens (tertiary/aromatic N) is 1. The monoisotopic (exact) mass is 287 g/mol. The largest absolute Gasteiger partial charge is 0.197 e. The summed E-state index contributed by atoms with van der Waals surface area (Å²) in [5.74, 6) is 0. The minimum absolute atomic E-state index is 0.0590. The van der Waals surface area contributed by atoms with Gasteiger partial charge in [0.2, 0.25) is 0 Å². The SMILES string of the molecule is N#C[C@H](Br)[C@@H](Br)c1ccccc1. The van der Waals surface area contributed by atoms with Crippen molar-refractivity contribution in [3.05, 3.63) is 35.9 Å². The average molecular weight is 289 g/mol. The van der Waals surface area contributed by atoms with Gasteiger partial charge >= 0.3 is 0 Å². The molecule has 1 rings (SSSR count). The number of halogens is 2. The normalized spacial score (nSPS) is 14.8. The van der Waals surface area contributed by atoms with Crippen LogP contribution in [0.1, 0.15) is 10.4 Å². The topological polar surface area (TPSA) is 23.8 Å². The van der Waals surface area contributed by atoms with Crippen LogP contribution in [0.2, 0.25) is 0 Å². The molecular weight excluding hydrogens is 282 g/mol. The van der Waals surface area contributed by atoms with Gasteiger partial charge in [-0.25, -0.2) is 0 Å². The quantitative estimate of drug-likeness (QED) is 0.765. The van der Waals surface area contributed by atoms with E-state index in [9.17, 15) is 0 Å². The van der Waals surface area contributed by atoms with Crippen LogP contribution in [0.25, 0.3) is 0 Å². The molecule has 1 aromatic rings. The van der Waals surface area contributed by atoms with Crippen LogP contribution >= 0.6 is 31.9 Å². The molecule has 62 valence electrons. The maximum absolute atomic E-state index is 8.64. The first-order chi connectivity index (χ1) is 5.75. The van der Waals surface area contributed by atoms with E-state index >= 15 is 0 Å². The highest BCUT2D eigenvalue weighted by Crippen LogP contribution is 2.30. The van der Waals surface area contributed by atoms with Crippen molar-refractivity contribution in [2.75, 3.05) is 0 Å². The molecule has 0 fully saturated rings. The predicted octanol–water partition coefficient (Wildman–Crippen LogP) is 3.41. The molecule has 1 nitrogen and oxygen atoms in total. The molecule has 0 radical (unpaired) electrons. The van der Waals surface area contributed by atoms with Crippen LogP contribution in [-0.4, -0.2) is 4.83 Å². The van der Waals surface area contributed by atoms with Crippen LogP contribution in [-0.2, 0) is 0 Å². The number of benzene rings is 1. The van der Waals surface area contributed by atoms with Crippen LogP contribution in [0, 0.1) is 11.3 Å². The van der Waals surface area contributed by atoms with Gasteiger partial charge in [0, 0.05) is 0 Å². The molecule has 0 N–H and O–H groups in total. The number of rotatable bonds is 2. The van der Waals surface area contributed by atoms with Crippen LogP contribution in [0.15, 0.2) is 30.3 Å². The van der Waals surface area contributed by atoms with Gasteiger partial charge in [-0.3, -0.25) is 0 Å². The third kappa shape index (κ3) is 2.33. The van der Waals surface area contributed by atoms with E-state index in [2.05, 4.69) is 37.9 Å². The fourth-order valence-corrected chi connectivity index (χ4v) is 1.60. The van der Waals surface area contributed by atoms with E-state index in [1.54, 1.807) is 0 Å². The van der Waals surface area contributed by atoms with Gasteiger partial charge in [0.15, 0.2) is 0 Å². The van der Waals surface area contributed by atoms with Gasteiger partial charge in [-0.05, 0) is 5.56 Å². The summed E-state index contributed by atoms with van der Waals surface area (Å²) in [5, 5.41) is 8.64. The number of hydrogen-bond acceptors (Lipinski definition) is 1. The van der Waals surface area contributed by atoms with Crippen molar-refractivity contribution < 1.29 is 0 Å². The first-order valence-corrected chi connectivity index (χ1v) is 5.31. The van der Waals surface area contributed by atoms with E-state index < -0.39 is 0 Å². The summed E-state index contributed by atoms with van der Waals surface area (Å²) in [5.41, 5.74) is 1.11. The molecule has 0 unspecified atom stereocenters. The van der Waals surface area contributed by atoms with E-state index in [4.69, 9.17) is 5.26 Å². The zero-order valence-corrected chi connectivity index (χ0v) is 9.42. The summed E-state index contributed by atoms with van der Waals surface area (Å²) >= 11 is 6.71. The molecule has 0 aliphatic carbocycles. The molecule has 12 heavy (non-hydrogen) atoms. The van der Waals surface area contributed by atoms with E-state index in [-0.39, 0.29) is 9.65 Å². The Kier molecular flexibility index (Phi) is 3.77. The van der Waals surface area contributed by atoms with Crippen molar-refractivity contribution in [1.29, 1.82) is 5.26 Å². The van der Waals surface area contributed by atoms with Gasteiger partial charge in [-0.2, -0.15) is 5.26 Å². The lowest BCUT2D eigenvalue weighted by Crippen LogP contribution is -2.02. The van der Waals surface area contributed by atoms with Gasteiger partial charge in [0.1, 0.15) is 4.83 Å². The zero-order chi connectivity index (χ0) is 8.97. The highest BCUT2D eigenvalue weighted by molar-refractivity contribution is 9.12. The summed E-state index contributed by atoms with van der Waals surface area (Å²) in [6, 6.07) is 12.0. The molecule has 0 spiro atoms. The molecule has 0 aliphatic heterocycles. The van der Waals surface area contributed by atoms with Gasteiger partial charge < -0.3 is 0 Å². The highest BCUT2D eigenvalue weighted by Gasteiger charge is 2.15. The first kappa shape index (κ1) is 9.76. The Morgan fingerprint density at radius 1 is 1.17 bits per heavy atom. The Morgan fingerprint density at radius 3 is 2.25 bits per heavy atom. The maximum atomic E-state index is 8.64. The van der Waals surface area contributed by atoms with Crippen molar-refractivity contribution in [3.8, 4) is 6.07 Å². The lowest BCUT2D eigenvalue weighted by molar-refractivity contribution is 1.03. The summed E-state index contributed by atoms with van der Waals surface area (Å²) < 4.78 is 0. The number of hydrogen-bond donors (Lipinski definition) is 0. The molecule has 0 amide bonds. The summed E-state index contributed by atoms with van der Waals surface area (Å²) in [6.07, 6.45) is 0. The summed E-state index contributed by atoms with van der Waals surface area (Å²) in [7, 11) is 0. The Balaban J connectivity index is 2.80. The van der Waals surface area contributed by atoms with Crippen LogP contribution in [0.4, 0.5) is 0 Å². The maximum Gasteiger partial charge on any atom is 0.118 e. The van der Waals surface area contributed by atoms with Crippen LogP contribution in [0.3, 0.4) is 0 Å². The molecule has 3 heteroatoms. The summed E-state index contributed by atoms with van der Waals surface area (Å²) in [4.78, 5) is -0.122. The highest BCUT2D eigenvalue weighted by atomic mass is 79.9. The lowest BCUT2D eigenvalue weighted by atomic mass is 10.1. The van der Waals surface area contributed by atoms with Crippen molar-refractivity contribution in [1.82, 2.24) is 0 Å².